The number of nitrogens with two attached hydrogens (primary N) is 1. The highest BCUT2D eigenvalue weighted by Gasteiger charge is 2.08. The van der Waals surface area contributed by atoms with Crippen molar-refractivity contribution < 1.29 is 4.74 Å². The second-order valence-electron chi connectivity index (χ2n) is 3.16. The summed E-state index contributed by atoms with van der Waals surface area (Å²) >= 11 is 7.24. The van der Waals surface area contributed by atoms with Crippen LogP contribution in [0.3, 0.4) is 0 Å². The molecule has 0 saturated heterocycles. The number of nitrogens with zero attached hydrogens (tertiary/aromatic N) is 2. The van der Waals surface area contributed by atoms with Gasteiger partial charge in [-0.15, -0.1) is 0 Å². The summed E-state index contributed by atoms with van der Waals surface area (Å²) in [5, 5.41) is 0.906. The molecule has 6 heteroatoms. The Balaban J connectivity index is 2.28. The van der Waals surface area contributed by atoms with Crippen LogP contribution in [0.5, 0.6) is 5.75 Å². The number of benzene rings is 1. The molecule has 0 radical (unpaired) electrons. The molecule has 1 aromatic carbocycles. The zero-order valence-corrected chi connectivity index (χ0v) is 10.6. The van der Waals surface area contributed by atoms with E-state index in [0.717, 1.165) is 10.6 Å². The Morgan fingerprint density at radius 2 is 2.18 bits per heavy atom. The van der Waals surface area contributed by atoms with Gasteiger partial charge in [-0.25, -0.2) is 9.97 Å². The van der Waals surface area contributed by atoms with Crippen LogP contribution in [-0.2, 0) is 0 Å². The van der Waals surface area contributed by atoms with Crippen LogP contribution in [0.1, 0.15) is 0 Å². The van der Waals surface area contributed by atoms with Gasteiger partial charge >= 0.3 is 0 Å². The van der Waals surface area contributed by atoms with Crippen LogP contribution in [-0.4, -0.2) is 17.1 Å². The van der Waals surface area contributed by atoms with Crippen molar-refractivity contribution in [2.45, 2.75) is 9.92 Å². The maximum absolute atomic E-state index is 5.82. The Morgan fingerprint density at radius 3 is 2.94 bits per heavy atom. The summed E-state index contributed by atoms with van der Waals surface area (Å²) in [6.07, 6.45) is 1.39. The van der Waals surface area contributed by atoms with Crippen LogP contribution in [0.25, 0.3) is 0 Å². The lowest BCUT2D eigenvalue weighted by Gasteiger charge is -2.06. The average molecular weight is 268 g/mol. The van der Waals surface area contributed by atoms with Gasteiger partial charge in [-0.2, -0.15) is 0 Å². The normalized spacial score (nSPS) is 10.2. The van der Waals surface area contributed by atoms with Crippen molar-refractivity contribution in [1.29, 1.82) is 0 Å². The lowest BCUT2D eigenvalue weighted by Crippen LogP contribution is -1.95. The summed E-state index contributed by atoms with van der Waals surface area (Å²) in [6, 6.07) is 7.63. The van der Waals surface area contributed by atoms with E-state index in [0.29, 0.717) is 10.7 Å². The van der Waals surface area contributed by atoms with Crippen molar-refractivity contribution in [2.75, 3.05) is 12.8 Å². The number of anilines is 1. The largest absolute Gasteiger partial charge is 0.497 e. The number of hydrogen-bond acceptors (Lipinski definition) is 5. The van der Waals surface area contributed by atoms with Gasteiger partial charge in [0.05, 0.1) is 7.11 Å². The topological polar surface area (TPSA) is 61.0 Å². The quantitative estimate of drug-likeness (QED) is 0.867. The molecule has 0 aliphatic heterocycles. The lowest BCUT2D eigenvalue weighted by molar-refractivity contribution is 0.413. The Labute approximate surface area is 108 Å². The molecule has 0 aliphatic carbocycles. The van der Waals surface area contributed by atoms with Gasteiger partial charge in [-0.1, -0.05) is 29.4 Å². The van der Waals surface area contributed by atoms with E-state index in [1.54, 1.807) is 7.11 Å². The van der Waals surface area contributed by atoms with Gasteiger partial charge in [0, 0.05) is 4.90 Å². The number of halogens is 1. The van der Waals surface area contributed by atoms with Gasteiger partial charge < -0.3 is 10.5 Å². The van der Waals surface area contributed by atoms with Gasteiger partial charge in [0.15, 0.2) is 5.15 Å². The Kier molecular flexibility index (Phi) is 3.71. The smallest absolute Gasteiger partial charge is 0.156 e. The molecule has 1 heterocycles. The minimum absolute atomic E-state index is 0.269. The third kappa shape index (κ3) is 2.81. The molecule has 0 unspecified atom stereocenters. The van der Waals surface area contributed by atoms with E-state index in [2.05, 4.69) is 9.97 Å². The number of hydrogen-bond donors (Lipinski definition) is 1. The van der Waals surface area contributed by atoms with Crippen molar-refractivity contribution >= 4 is 29.1 Å². The van der Waals surface area contributed by atoms with Crippen LogP contribution >= 0.6 is 23.4 Å². The maximum atomic E-state index is 5.82. The lowest BCUT2D eigenvalue weighted by atomic mass is 10.3. The van der Waals surface area contributed by atoms with Gasteiger partial charge in [-0.05, 0) is 18.2 Å². The minimum atomic E-state index is 0.269. The fraction of sp³-hybridized carbons (Fsp3) is 0.0909. The molecule has 0 amide bonds. The maximum Gasteiger partial charge on any atom is 0.156 e. The van der Waals surface area contributed by atoms with Gasteiger partial charge in [0.1, 0.15) is 22.8 Å². The van der Waals surface area contributed by atoms with Gasteiger partial charge in [0.25, 0.3) is 0 Å². The fourth-order valence-electron chi connectivity index (χ4n) is 1.22. The SMILES string of the molecule is COc1cccc(Sc2ncnc(Cl)c2N)c1. The molecule has 1 aromatic heterocycles. The molecular formula is C11H10ClN3OS. The predicted octanol–water partition coefficient (Wildman–Crippen LogP) is 2.87. The van der Waals surface area contributed by atoms with E-state index in [9.17, 15) is 0 Å². The standard InChI is InChI=1S/C11H10ClN3OS/c1-16-7-3-2-4-8(5-7)17-11-9(13)10(12)14-6-15-11/h2-6H,13H2,1H3. The van der Waals surface area contributed by atoms with E-state index in [4.69, 9.17) is 22.1 Å². The average Bonchev–Trinajstić information content (AvgIpc) is 2.35. The number of ether oxygens (including phenoxy) is 1. The fourth-order valence-corrected chi connectivity index (χ4v) is 2.26. The predicted molar refractivity (Wildman–Crippen MR) is 68.6 cm³/mol. The van der Waals surface area contributed by atoms with Crippen molar-refractivity contribution in [3.8, 4) is 5.75 Å². The van der Waals surface area contributed by atoms with Crippen molar-refractivity contribution in [2.24, 2.45) is 0 Å². The number of nitrogen functional groups attached to an aromatic ring is 1. The molecule has 17 heavy (non-hydrogen) atoms. The molecule has 0 aliphatic rings. The van der Waals surface area contributed by atoms with Crippen molar-refractivity contribution in [3.05, 3.63) is 35.7 Å². The molecule has 88 valence electrons. The van der Waals surface area contributed by atoms with Gasteiger partial charge in [-0.3, -0.25) is 0 Å². The summed E-state index contributed by atoms with van der Waals surface area (Å²) < 4.78 is 5.14. The van der Waals surface area contributed by atoms with E-state index in [-0.39, 0.29) is 5.15 Å². The first kappa shape index (κ1) is 12.0. The monoisotopic (exact) mass is 267 g/mol. The van der Waals surface area contributed by atoms with Crippen LogP contribution in [0.15, 0.2) is 40.5 Å². The molecule has 0 atom stereocenters. The molecule has 0 spiro atoms. The molecule has 0 fully saturated rings. The number of methoxy groups -OCH3 is 1. The molecule has 0 saturated carbocycles. The summed E-state index contributed by atoms with van der Waals surface area (Å²) in [7, 11) is 1.62. The zero-order valence-electron chi connectivity index (χ0n) is 9.05. The highest BCUT2D eigenvalue weighted by Crippen LogP contribution is 2.33. The summed E-state index contributed by atoms with van der Waals surface area (Å²) in [6.45, 7) is 0. The van der Waals surface area contributed by atoms with Crippen LogP contribution in [0.2, 0.25) is 5.15 Å². The summed E-state index contributed by atoms with van der Waals surface area (Å²) in [4.78, 5) is 8.88. The number of aromatic nitrogens is 2. The Bertz CT molecular complexity index is 536. The first-order valence-electron chi connectivity index (χ1n) is 4.78. The van der Waals surface area contributed by atoms with E-state index in [1.807, 2.05) is 24.3 Å². The number of rotatable bonds is 3. The highest BCUT2D eigenvalue weighted by molar-refractivity contribution is 7.99. The second kappa shape index (κ2) is 5.25. The Morgan fingerprint density at radius 1 is 1.35 bits per heavy atom. The first-order chi connectivity index (χ1) is 8.20. The van der Waals surface area contributed by atoms with E-state index < -0.39 is 0 Å². The highest BCUT2D eigenvalue weighted by atomic mass is 35.5. The molecule has 2 N–H and O–H groups in total. The van der Waals surface area contributed by atoms with Crippen molar-refractivity contribution in [3.63, 3.8) is 0 Å². The Hall–Kier alpha value is -1.46. The molecule has 0 bridgehead atoms. The molecular weight excluding hydrogens is 258 g/mol. The second-order valence-corrected chi connectivity index (χ2v) is 4.58. The van der Waals surface area contributed by atoms with Crippen LogP contribution in [0.4, 0.5) is 5.69 Å². The minimum Gasteiger partial charge on any atom is -0.497 e. The first-order valence-corrected chi connectivity index (χ1v) is 5.98. The van der Waals surface area contributed by atoms with Gasteiger partial charge in [0.2, 0.25) is 0 Å². The van der Waals surface area contributed by atoms with Crippen LogP contribution in [0, 0.1) is 0 Å². The van der Waals surface area contributed by atoms with Crippen LogP contribution < -0.4 is 10.5 Å². The third-order valence-electron chi connectivity index (χ3n) is 2.05. The van der Waals surface area contributed by atoms with Crippen molar-refractivity contribution in [1.82, 2.24) is 9.97 Å². The summed E-state index contributed by atoms with van der Waals surface area (Å²) in [5.41, 5.74) is 6.18. The molecule has 2 rings (SSSR count). The molecule has 4 nitrogen and oxygen atoms in total. The zero-order chi connectivity index (χ0) is 12.3. The van der Waals surface area contributed by atoms with E-state index in [1.165, 1.54) is 18.1 Å². The third-order valence-corrected chi connectivity index (χ3v) is 3.36. The molecule has 2 aromatic rings. The summed E-state index contributed by atoms with van der Waals surface area (Å²) in [5.74, 6) is 0.786. The van der Waals surface area contributed by atoms with E-state index >= 15 is 0 Å².